The normalized spacial score (nSPS) is 20.9. The fraction of sp³-hybridized carbons (Fsp3) is 0.217. The maximum Gasteiger partial charge on any atom is 0.211 e. The molecule has 0 amide bonds. The number of aromatic nitrogens is 1. The molecular formula is C23H20Cl2N2O3. The molecule has 7 heteroatoms. The van der Waals surface area contributed by atoms with Gasteiger partial charge in [-0.05, 0) is 61.9 Å². The SMILES string of the molecule is CN1c2ccc(-n3c(O)ccc3O)cc2C(C)(C)C12C=Cc1cc(Cl)cc(Cl)c1O2. The largest absolute Gasteiger partial charge is 0.494 e. The third-order valence-corrected chi connectivity index (χ3v) is 6.79. The number of ether oxygens (including phenoxy) is 1. The highest BCUT2D eigenvalue weighted by molar-refractivity contribution is 6.36. The molecule has 2 aliphatic heterocycles. The fourth-order valence-corrected chi connectivity index (χ4v) is 5.20. The van der Waals surface area contributed by atoms with Gasteiger partial charge in [-0.2, -0.15) is 0 Å². The average Bonchev–Trinajstić information content (AvgIpc) is 3.11. The number of hydrogen-bond acceptors (Lipinski definition) is 4. The van der Waals surface area contributed by atoms with Crippen LogP contribution in [-0.2, 0) is 5.41 Å². The van der Waals surface area contributed by atoms with Crippen LogP contribution in [0.25, 0.3) is 11.8 Å². The first-order valence-electron chi connectivity index (χ1n) is 9.51. The molecular weight excluding hydrogens is 423 g/mol. The fourth-order valence-electron chi connectivity index (χ4n) is 4.65. The van der Waals surface area contributed by atoms with E-state index >= 15 is 0 Å². The first-order valence-corrected chi connectivity index (χ1v) is 10.3. The van der Waals surface area contributed by atoms with Crippen molar-refractivity contribution in [2.75, 3.05) is 11.9 Å². The number of rotatable bonds is 1. The van der Waals surface area contributed by atoms with Crippen LogP contribution in [0.2, 0.25) is 10.0 Å². The third kappa shape index (κ3) is 2.36. The highest BCUT2D eigenvalue weighted by atomic mass is 35.5. The average molecular weight is 443 g/mol. The van der Waals surface area contributed by atoms with Crippen molar-refractivity contribution >= 4 is 35.0 Å². The Labute approximate surface area is 184 Å². The lowest BCUT2D eigenvalue weighted by atomic mass is 9.76. The molecule has 2 aromatic carbocycles. The Morgan fingerprint density at radius 1 is 0.967 bits per heavy atom. The summed E-state index contributed by atoms with van der Waals surface area (Å²) in [4.78, 5) is 2.09. The summed E-state index contributed by atoms with van der Waals surface area (Å²) in [5, 5.41) is 21.3. The van der Waals surface area contributed by atoms with Gasteiger partial charge in [0.15, 0.2) is 11.8 Å². The zero-order valence-corrected chi connectivity index (χ0v) is 18.2. The van der Waals surface area contributed by atoms with Crippen molar-refractivity contribution in [2.24, 2.45) is 0 Å². The Kier molecular flexibility index (Phi) is 3.92. The van der Waals surface area contributed by atoms with Gasteiger partial charge in [0.25, 0.3) is 0 Å². The van der Waals surface area contributed by atoms with E-state index in [1.165, 1.54) is 16.7 Å². The third-order valence-electron chi connectivity index (χ3n) is 6.29. The summed E-state index contributed by atoms with van der Waals surface area (Å²) in [6.07, 6.45) is 4.03. The lowest BCUT2D eigenvalue weighted by Gasteiger charge is -2.46. The molecule has 0 aliphatic carbocycles. The predicted octanol–water partition coefficient (Wildman–Crippen LogP) is 5.72. The van der Waals surface area contributed by atoms with Crippen molar-refractivity contribution in [2.45, 2.75) is 25.0 Å². The molecule has 2 N–H and O–H groups in total. The van der Waals surface area contributed by atoms with E-state index < -0.39 is 11.1 Å². The van der Waals surface area contributed by atoms with E-state index in [0.717, 1.165) is 16.8 Å². The van der Waals surface area contributed by atoms with Crippen molar-refractivity contribution in [3.8, 4) is 23.2 Å². The Balaban J connectivity index is 1.66. The monoisotopic (exact) mass is 442 g/mol. The van der Waals surface area contributed by atoms with Gasteiger partial charge in [-0.3, -0.25) is 4.57 Å². The maximum absolute atomic E-state index is 10.2. The minimum absolute atomic E-state index is 0.0299. The highest BCUT2D eigenvalue weighted by Gasteiger charge is 2.58. The topological polar surface area (TPSA) is 57.9 Å². The molecule has 1 unspecified atom stereocenters. The van der Waals surface area contributed by atoms with Gasteiger partial charge >= 0.3 is 0 Å². The Morgan fingerprint density at radius 2 is 1.67 bits per heavy atom. The number of hydrogen-bond donors (Lipinski definition) is 2. The quantitative estimate of drug-likeness (QED) is 0.505. The van der Waals surface area contributed by atoms with Crippen LogP contribution in [0.3, 0.4) is 0 Å². The number of anilines is 1. The zero-order valence-electron chi connectivity index (χ0n) is 16.6. The number of benzene rings is 2. The van der Waals surface area contributed by atoms with Crippen LogP contribution in [0.5, 0.6) is 17.5 Å². The molecule has 5 rings (SSSR count). The Hall–Kier alpha value is -2.76. The summed E-state index contributed by atoms with van der Waals surface area (Å²) in [6.45, 7) is 4.21. The van der Waals surface area contributed by atoms with Gasteiger partial charge in [0, 0.05) is 35.5 Å². The summed E-state index contributed by atoms with van der Waals surface area (Å²) >= 11 is 12.6. The molecule has 0 saturated heterocycles. The van der Waals surface area contributed by atoms with Crippen LogP contribution in [0.15, 0.2) is 48.5 Å². The summed E-state index contributed by atoms with van der Waals surface area (Å²) in [5.41, 5.74) is 2.22. The molecule has 0 fully saturated rings. The van der Waals surface area contributed by atoms with Crippen molar-refractivity contribution in [1.29, 1.82) is 0 Å². The molecule has 2 aliphatic rings. The summed E-state index contributed by atoms with van der Waals surface area (Å²) in [5.74, 6) is 0.535. The van der Waals surface area contributed by atoms with E-state index in [2.05, 4.69) is 18.7 Å². The second-order valence-electron chi connectivity index (χ2n) is 8.21. The maximum atomic E-state index is 10.2. The molecule has 154 valence electrons. The van der Waals surface area contributed by atoms with Gasteiger partial charge in [0.1, 0.15) is 5.75 Å². The van der Waals surface area contributed by atoms with Crippen molar-refractivity contribution in [3.05, 3.63) is 69.7 Å². The smallest absolute Gasteiger partial charge is 0.211 e. The number of halogens is 2. The van der Waals surface area contributed by atoms with Crippen LogP contribution in [-0.4, -0.2) is 27.6 Å². The van der Waals surface area contributed by atoms with E-state index in [1.54, 1.807) is 6.07 Å². The van der Waals surface area contributed by atoms with Crippen LogP contribution in [0.4, 0.5) is 5.69 Å². The van der Waals surface area contributed by atoms with Gasteiger partial charge in [0.2, 0.25) is 5.72 Å². The van der Waals surface area contributed by atoms with E-state index in [9.17, 15) is 10.2 Å². The molecule has 30 heavy (non-hydrogen) atoms. The van der Waals surface area contributed by atoms with Crippen LogP contribution in [0, 0.1) is 0 Å². The highest BCUT2D eigenvalue weighted by Crippen LogP contribution is 2.55. The molecule has 3 aromatic rings. The van der Waals surface area contributed by atoms with E-state index in [-0.39, 0.29) is 11.8 Å². The van der Waals surface area contributed by atoms with Gasteiger partial charge in [-0.15, -0.1) is 0 Å². The molecule has 5 nitrogen and oxygen atoms in total. The molecule has 0 bridgehead atoms. The second kappa shape index (κ2) is 6.13. The molecule has 0 radical (unpaired) electrons. The minimum atomic E-state index is -0.806. The van der Waals surface area contributed by atoms with Crippen molar-refractivity contribution < 1.29 is 14.9 Å². The molecule has 1 spiro atoms. The first-order chi connectivity index (χ1) is 14.2. The second-order valence-corrected chi connectivity index (χ2v) is 9.05. The number of nitrogens with zero attached hydrogens (tertiary/aromatic N) is 2. The van der Waals surface area contributed by atoms with Crippen LogP contribution >= 0.6 is 23.2 Å². The summed E-state index contributed by atoms with van der Waals surface area (Å²) < 4.78 is 7.99. The van der Waals surface area contributed by atoms with Gasteiger partial charge in [0.05, 0.1) is 16.1 Å². The van der Waals surface area contributed by atoms with Crippen molar-refractivity contribution in [1.82, 2.24) is 4.57 Å². The Bertz CT molecular complexity index is 1210. The number of aromatic hydroxyl groups is 2. The van der Waals surface area contributed by atoms with E-state index in [4.69, 9.17) is 27.9 Å². The van der Waals surface area contributed by atoms with E-state index in [1.807, 2.05) is 43.5 Å². The number of fused-ring (bicyclic) bond motifs is 2. The lowest BCUT2D eigenvalue weighted by molar-refractivity contribution is 0.0583. The lowest BCUT2D eigenvalue weighted by Crippen LogP contribution is -2.58. The zero-order chi connectivity index (χ0) is 21.4. The minimum Gasteiger partial charge on any atom is -0.494 e. The van der Waals surface area contributed by atoms with Gasteiger partial charge in [-0.25, -0.2) is 0 Å². The molecule has 3 heterocycles. The summed E-state index contributed by atoms with van der Waals surface area (Å²) in [7, 11) is 1.98. The van der Waals surface area contributed by atoms with Gasteiger partial charge < -0.3 is 19.8 Å². The summed E-state index contributed by atoms with van der Waals surface area (Å²) in [6, 6.07) is 12.2. The first kappa shape index (κ1) is 19.2. The predicted molar refractivity (Wildman–Crippen MR) is 119 cm³/mol. The van der Waals surface area contributed by atoms with E-state index in [0.29, 0.717) is 21.5 Å². The molecule has 1 aromatic heterocycles. The Morgan fingerprint density at radius 3 is 2.37 bits per heavy atom. The number of likely N-dealkylation sites (N-methyl/N-ethyl adjacent to an activating group) is 1. The van der Waals surface area contributed by atoms with Crippen LogP contribution < -0.4 is 9.64 Å². The molecule has 1 atom stereocenters. The van der Waals surface area contributed by atoms with Gasteiger partial charge in [-0.1, -0.05) is 23.2 Å². The van der Waals surface area contributed by atoms with Crippen molar-refractivity contribution in [3.63, 3.8) is 0 Å². The molecule has 0 saturated carbocycles. The van der Waals surface area contributed by atoms with Crippen LogP contribution in [0.1, 0.15) is 25.0 Å². The standard InChI is InChI=1S/C23H20Cl2N2O3/c1-22(2)16-12-15(27-19(28)6-7-20(27)29)4-5-18(16)26(3)23(22)9-8-13-10-14(24)11-17(25)21(13)30-23/h4-12,28-29H,1-3H3.